The Morgan fingerprint density at radius 3 is 2.05 bits per heavy atom. The molecule has 0 aliphatic carbocycles. The summed E-state index contributed by atoms with van der Waals surface area (Å²) in [5, 5.41) is 2.82. The highest BCUT2D eigenvalue weighted by molar-refractivity contribution is 5.90. The maximum absolute atomic E-state index is 12.0. The first-order valence-corrected chi connectivity index (χ1v) is 6.20. The molecule has 0 saturated heterocycles. The minimum atomic E-state index is -0.163. The Labute approximate surface area is 117 Å². The molecule has 0 aromatic heterocycles. The van der Waals surface area contributed by atoms with Gasteiger partial charge >= 0.3 is 6.03 Å². The van der Waals surface area contributed by atoms with Crippen molar-refractivity contribution in [2.75, 3.05) is 39.7 Å². The van der Waals surface area contributed by atoms with E-state index in [2.05, 4.69) is 5.32 Å². The summed E-state index contributed by atoms with van der Waals surface area (Å²) >= 11 is 0. The van der Waals surface area contributed by atoms with Crippen LogP contribution in [0.3, 0.4) is 0 Å². The third kappa shape index (κ3) is 2.79. The molecule has 0 fully saturated rings. The fourth-order valence-corrected chi connectivity index (χ4v) is 2.00. The van der Waals surface area contributed by atoms with Gasteiger partial charge in [-0.2, -0.15) is 0 Å². The molecule has 6 heteroatoms. The van der Waals surface area contributed by atoms with E-state index < -0.39 is 0 Å². The standard InChI is InChI=1S/C14H18N2O4/c1-18-11-8-10(9-12(19-2)13(11)20-3)15-14(17)16-6-4-5-7-16/h4-5,8-9H,6-7H2,1-3H3,(H,15,17). The Morgan fingerprint density at radius 1 is 1.05 bits per heavy atom. The predicted molar refractivity (Wildman–Crippen MR) is 75.8 cm³/mol. The van der Waals surface area contributed by atoms with Gasteiger partial charge in [0.15, 0.2) is 11.5 Å². The number of nitrogens with zero attached hydrogens (tertiary/aromatic N) is 1. The average molecular weight is 278 g/mol. The second-order valence-corrected chi connectivity index (χ2v) is 4.22. The number of ether oxygens (including phenoxy) is 3. The second-order valence-electron chi connectivity index (χ2n) is 4.22. The number of anilines is 1. The van der Waals surface area contributed by atoms with Gasteiger partial charge in [0.25, 0.3) is 0 Å². The number of carbonyl (C=O) groups is 1. The molecule has 0 saturated carbocycles. The van der Waals surface area contributed by atoms with Crippen LogP contribution in [0.25, 0.3) is 0 Å². The molecule has 1 N–H and O–H groups in total. The summed E-state index contributed by atoms with van der Waals surface area (Å²) in [6, 6.07) is 3.23. The lowest BCUT2D eigenvalue weighted by Gasteiger charge is -2.18. The number of carbonyl (C=O) groups excluding carboxylic acids is 1. The molecule has 1 heterocycles. The zero-order valence-electron chi connectivity index (χ0n) is 11.8. The van der Waals surface area contributed by atoms with Gasteiger partial charge in [0.05, 0.1) is 27.0 Å². The summed E-state index contributed by atoms with van der Waals surface area (Å²) in [5.41, 5.74) is 0.594. The van der Waals surface area contributed by atoms with Gasteiger partial charge in [-0.15, -0.1) is 0 Å². The molecule has 1 aromatic rings. The molecule has 1 aliphatic heterocycles. The monoisotopic (exact) mass is 278 g/mol. The Bertz CT molecular complexity index is 495. The third-order valence-electron chi connectivity index (χ3n) is 3.02. The molecule has 0 radical (unpaired) electrons. The van der Waals surface area contributed by atoms with E-state index in [0.717, 1.165) is 0 Å². The number of nitrogens with one attached hydrogen (secondary N) is 1. The molecule has 0 spiro atoms. The quantitative estimate of drug-likeness (QED) is 0.857. The van der Waals surface area contributed by atoms with Crippen LogP contribution < -0.4 is 19.5 Å². The molecule has 2 rings (SSSR count). The minimum absolute atomic E-state index is 0.163. The zero-order valence-corrected chi connectivity index (χ0v) is 11.8. The second kappa shape index (κ2) is 6.18. The largest absolute Gasteiger partial charge is 0.493 e. The van der Waals surface area contributed by atoms with Gasteiger partial charge in [-0.1, -0.05) is 12.2 Å². The highest BCUT2D eigenvalue weighted by Crippen LogP contribution is 2.39. The molecule has 108 valence electrons. The summed E-state index contributed by atoms with van der Waals surface area (Å²) in [6.45, 7) is 1.24. The molecule has 0 atom stereocenters. The highest BCUT2D eigenvalue weighted by atomic mass is 16.5. The van der Waals surface area contributed by atoms with E-state index in [1.165, 1.54) is 21.3 Å². The Morgan fingerprint density at radius 2 is 1.60 bits per heavy atom. The predicted octanol–water partition coefficient (Wildman–Crippen LogP) is 2.12. The van der Waals surface area contributed by atoms with Gasteiger partial charge in [-0.3, -0.25) is 0 Å². The van der Waals surface area contributed by atoms with Crippen molar-refractivity contribution in [3.8, 4) is 17.2 Å². The maximum atomic E-state index is 12.0. The van der Waals surface area contributed by atoms with E-state index >= 15 is 0 Å². The number of methoxy groups -OCH3 is 3. The topological polar surface area (TPSA) is 60.0 Å². The number of hydrogen-bond donors (Lipinski definition) is 1. The van der Waals surface area contributed by atoms with Crippen molar-refractivity contribution < 1.29 is 19.0 Å². The van der Waals surface area contributed by atoms with Gasteiger partial charge < -0.3 is 24.4 Å². The van der Waals surface area contributed by atoms with Gasteiger partial charge in [-0.25, -0.2) is 4.79 Å². The van der Waals surface area contributed by atoms with E-state index in [0.29, 0.717) is 36.0 Å². The van der Waals surface area contributed by atoms with Crippen molar-refractivity contribution in [1.29, 1.82) is 0 Å². The SMILES string of the molecule is COc1cc(NC(=O)N2CC=CC2)cc(OC)c1OC. The van der Waals surface area contributed by atoms with E-state index in [1.54, 1.807) is 17.0 Å². The van der Waals surface area contributed by atoms with Gasteiger partial charge in [0.1, 0.15) is 0 Å². The zero-order chi connectivity index (χ0) is 14.5. The third-order valence-corrected chi connectivity index (χ3v) is 3.02. The summed E-state index contributed by atoms with van der Waals surface area (Å²) in [4.78, 5) is 13.7. The van der Waals surface area contributed by atoms with Crippen LogP contribution in [-0.4, -0.2) is 45.3 Å². The van der Waals surface area contributed by atoms with Crippen molar-refractivity contribution in [3.63, 3.8) is 0 Å². The smallest absolute Gasteiger partial charge is 0.322 e. The van der Waals surface area contributed by atoms with Crippen molar-refractivity contribution in [1.82, 2.24) is 4.90 Å². The molecule has 0 unspecified atom stereocenters. The molecule has 1 aliphatic rings. The van der Waals surface area contributed by atoms with Crippen molar-refractivity contribution in [2.45, 2.75) is 0 Å². The number of hydrogen-bond acceptors (Lipinski definition) is 4. The van der Waals surface area contributed by atoms with E-state index in [9.17, 15) is 4.79 Å². The fourth-order valence-electron chi connectivity index (χ4n) is 2.00. The van der Waals surface area contributed by atoms with Crippen LogP contribution >= 0.6 is 0 Å². The summed E-state index contributed by atoms with van der Waals surface area (Å²) < 4.78 is 15.7. The van der Waals surface area contributed by atoms with Crippen LogP contribution in [0.2, 0.25) is 0 Å². The highest BCUT2D eigenvalue weighted by Gasteiger charge is 2.17. The molecular formula is C14H18N2O4. The molecule has 20 heavy (non-hydrogen) atoms. The lowest BCUT2D eigenvalue weighted by Crippen LogP contribution is -2.32. The first kappa shape index (κ1) is 14.0. The molecular weight excluding hydrogens is 260 g/mol. The van der Waals surface area contributed by atoms with Crippen LogP contribution in [-0.2, 0) is 0 Å². The van der Waals surface area contributed by atoms with Crippen LogP contribution in [0.15, 0.2) is 24.3 Å². The molecule has 6 nitrogen and oxygen atoms in total. The van der Waals surface area contributed by atoms with E-state index in [1.807, 2.05) is 12.2 Å². The van der Waals surface area contributed by atoms with Crippen LogP contribution in [0.4, 0.5) is 10.5 Å². The summed E-state index contributed by atoms with van der Waals surface area (Å²) in [5.74, 6) is 1.50. The van der Waals surface area contributed by atoms with Crippen LogP contribution in [0.5, 0.6) is 17.2 Å². The Hall–Kier alpha value is -2.37. The number of amides is 2. The lowest BCUT2D eigenvalue weighted by atomic mass is 10.2. The summed E-state index contributed by atoms with van der Waals surface area (Å²) in [6.07, 6.45) is 3.91. The Kier molecular flexibility index (Phi) is 4.34. The number of benzene rings is 1. The van der Waals surface area contributed by atoms with Crippen molar-refractivity contribution >= 4 is 11.7 Å². The lowest BCUT2D eigenvalue weighted by molar-refractivity contribution is 0.224. The van der Waals surface area contributed by atoms with Crippen molar-refractivity contribution in [2.24, 2.45) is 0 Å². The van der Waals surface area contributed by atoms with E-state index in [4.69, 9.17) is 14.2 Å². The normalized spacial score (nSPS) is 13.2. The minimum Gasteiger partial charge on any atom is -0.493 e. The Balaban J connectivity index is 2.21. The van der Waals surface area contributed by atoms with Crippen molar-refractivity contribution in [3.05, 3.63) is 24.3 Å². The first-order valence-electron chi connectivity index (χ1n) is 6.20. The number of urea groups is 1. The average Bonchev–Trinajstić information content (AvgIpc) is 3.00. The molecule has 2 amide bonds. The first-order chi connectivity index (χ1) is 9.69. The number of rotatable bonds is 4. The van der Waals surface area contributed by atoms with Crippen LogP contribution in [0, 0.1) is 0 Å². The summed E-state index contributed by atoms with van der Waals surface area (Å²) in [7, 11) is 4.61. The maximum Gasteiger partial charge on any atom is 0.322 e. The van der Waals surface area contributed by atoms with Gasteiger partial charge in [0, 0.05) is 25.2 Å². The van der Waals surface area contributed by atoms with E-state index in [-0.39, 0.29) is 6.03 Å². The molecule has 1 aromatic carbocycles. The fraction of sp³-hybridized carbons (Fsp3) is 0.357. The van der Waals surface area contributed by atoms with Crippen LogP contribution in [0.1, 0.15) is 0 Å². The molecule has 0 bridgehead atoms. The van der Waals surface area contributed by atoms with Gasteiger partial charge in [-0.05, 0) is 0 Å². The van der Waals surface area contributed by atoms with Gasteiger partial charge in [0.2, 0.25) is 5.75 Å².